The number of rotatable bonds is 5. The first-order valence-electron chi connectivity index (χ1n) is 8.06. The average Bonchev–Trinajstić information content (AvgIpc) is 2.48. The maximum atomic E-state index is 12.5. The van der Waals surface area contributed by atoms with Crippen LogP contribution in [0.15, 0.2) is 24.3 Å². The molecule has 0 spiro atoms. The molecule has 1 heterocycles. The van der Waals surface area contributed by atoms with Crippen LogP contribution in [-0.2, 0) is 10.2 Å². The molecule has 1 aromatic carbocycles. The molecule has 3 nitrogen and oxygen atoms in total. The van der Waals surface area contributed by atoms with Gasteiger partial charge >= 0.3 is 0 Å². The highest BCUT2D eigenvalue weighted by atomic mass is 16.2. The van der Waals surface area contributed by atoms with Gasteiger partial charge in [-0.1, -0.05) is 29.8 Å². The van der Waals surface area contributed by atoms with Crippen LogP contribution in [-0.4, -0.2) is 25.5 Å². The van der Waals surface area contributed by atoms with E-state index < -0.39 is 5.41 Å². The smallest absolute Gasteiger partial charge is 0.230 e. The van der Waals surface area contributed by atoms with Crippen molar-refractivity contribution in [2.75, 3.05) is 19.6 Å². The van der Waals surface area contributed by atoms with Gasteiger partial charge in [0.1, 0.15) is 0 Å². The summed E-state index contributed by atoms with van der Waals surface area (Å²) in [5, 5.41) is 6.54. The highest BCUT2D eigenvalue weighted by molar-refractivity contribution is 5.87. The van der Waals surface area contributed by atoms with E-state index in [9.17, 15) is 4.79 Å². The van der Waals surface area contributed by atoms with Gasteiger partial charge in [0.15, 0.2) is 0 Å². The summed E-state index contributed by atoms with van der Waals surface area (Å²) >= 11 is 0. The van der Waals surface area contributed by atoms with Crippen LogP contribution >= 0.6 is 0 Å². The maximum Gasteiger partial charge on any atom is 0.230 e. The lowest BCUT2D eigenvalue weighted by Gasteiger charge is -2.26. The van der Waals surface area contributed by atoms with Crippen molar-refractivity contribution in [2.24, 2.45) is 5.92 Å². The zero-order chi connectivity index (χ0) is 15.3. The summed E-state index contributed by atoms with van der Waals surface area (Å²) in [6, 6.07) is 8.25. The van der Waals surface area contributed by atoms with Crippen molar-refractivity contribution in [3.8, 4) is 0 Å². The van der Waals surface area contributed by atoms with Gasteiger partial charge in [-0.05, 0) is 64.6 Å². The Labute approximate surface area is 128 Å². The number of carbonyl (C=O) groups excluding carboxylic acids is 1. The number of carbonyl (C=O) groups is 1. The quantitative estimate of drug-likeness (QED) is 0.875. The summed E-state index contributed by atoms with van der Waals surface area (Å²) in [6.07, 6.45) is 3.61. The van der Waals surface area contributed by atoms with Gasteiger partial charge in [-0.25, -0.2) is 0 Å². The first-order valence-corrected chi connectivity index (χ1v) is 8.06. The van der Waals surface area contributed by atoms with Crippen molar-refractivity contribution in [3.05, 3.63) is 35.4 Å². The molecular weight excluding hydrogens is 260 g/mol. The summed E-state index contributed by atoms with van der Waals surface area (Å²) in [5.41, 5.74) is 1.82. The van der Waals surface area contributed by atoms with E-state index in [0.717, 1.165) is 31.6 Å². The van der Waals surface area contributed by atoms with E-state index in [0.29, 0.717) is 5.92 Å². The normalized spacial score (nSPS) is 19.3. The summed E-state index contributed by atoms with van der Waals surface area (Å²) in [6.45, 7) is 9.07. The summed E-state index contributed by atoms with van der Waals surface area (Å²) in [5.74, 6) is 0.830. The molecule has 1 saturated heterocycles. The monoisotopic (exact) mass is 288 g/mol. The van der Waals surface area contributed by atoms with E-state index in [4.69, 9.17) is 0 Å². The number of amides is 1. The van der Waals surface area contributed by atoms with Gasteiger partial charge in [0.25, 0.3) is 0 Å². The van der Waals surface area contributed by atoms with Crippen LogP contribution in [0.1, 0.15) is 44.2 Å². The van der Waals surface area contributed by atoms with Crippen LogP contribution in [0.3, 0.4) is 0 Å². The van der Waals surface area contributed by atoms with Gasteiger partial charge in [-0.2, -0.15) is 0 Å². The minimum Gasteiger partial charge on any atom is -0.355 e. The van der Waals surface area contributed by atoms with Gasteiger partial charge in [0.2, 0.25) is 5.91 Å². The van der Waals surface area contributed by atoms with Gasteiger partial charge in [-0.15, -0.1) is 0 Å². The number of aryl methyl sites for hydroxylation is 1. The molecule has 1 unspecified atom stereocenters. The van der Waals surface area contributed by atoms with Crippen molar-refractivity contribution in [1.29, 1.82) is 0 Å². The Balaban J connectivity index is 1.84. The highest BCUT2D eigenvalue weighted by Gasteiger charge is 2.29. The van der Waals surface area contributed by atoms with E-state index in [1.807, 2.05) is 13.8 Å². The number of hydrogen-bond acceptors (Lipinski definition) is 2. The van der Waals surface area contributed by atoms with E-state index in [-0.39, 0.29) is 5.91 Å². The van der Waals surface area contributed by atoms with Crippen LogP contribution in [0.2, 0.25) is 0 Å². The third-order valence-corrected chi connectivity index (χ3v) is 4.58. The molecule has 1 aliphatic rings. The Hall–Kier alpha value is -1.35. The Bertz CT molecular complexity index is 459. The third-order valence-electron chi connectivity index (χ3n) is 4.58. The predicted molar refractivity (Wildman–Crippen MR) is 87.4 cm³/mol. The van der Waals surface area contributed by atoms with E-state index >= 15 is 0 Å². The molecule has 0 saturated carbocycles. The SMILES string of the molecule is Cc1ccc(C(C)(C)C(=O)NCCC2CCCNC2)cc1. The second-order valence-corrected chi connectivity index (χ2v) is 6.75. The topological polar surface area (TPSA) is 41.1 Å². The fourth-order valence-corrected chi connectivity index (χ4v) is 2.88. The van der Waals surface area contributed by atoms with Crippen molar-refractivity contribution >= 4 is 5.91 Å². The molecule has 0 aromatic heterocycles. The maximum absolute atomic E-state index is 12.5. The molecule has 1 aromatic rings. The zero-order valence-corrected chi connectivity index (χ0v) is 13.5. The van der Waals surface area contributed by atoms with E-state index in [2.05, 4.69) is 41.8 Å². The Kier molecular flexibility index (Phi) is 5.40. The Morgan fingerprint density at radius 2 is 2.05 bits per heavy atom. The van der Waals surface area contributed by atoms with Crippen LogP contribution in [0.25, 0.3) is 0 Å². The van der Waals surface area contributed by atoms with E-state index in [1.54, 1.807) is 0 Å². The second-order valence-electron chi connectivity index (χ2n) is 6.75. The second kappa shape index (κ2) is 7.08. The Morgan fingerprint density at radius 1 is 1.33 bits per heavy atom. The van der Waals surface area contributed by atoms with Crippen molar-refractivity contribution < 1.29 is 4.79 Å². The number of piperidine rings is 1. The molecule has 116 valence electrons. The molecule has 1 amide bonds. The van der Waals surface area contributed by atoms with Gasteiger partial charge in [0.05, 0.1) is 5.41 Å². The fraction of sp³-hybridized carbons (Fsp3) is 0.611. The van der Waals surface area contributed by atoms with Crippen molar-refractivity contribution in [3.63, 3.8) is 0 Å². The van der Waals surface area contributed by atoms with Crippen LogP contribution < -0.4 is 10.6 Å². The largest absolute Gasteiger partial charge is 0.355 e. The molecule has 3 heteroatoms. The lowest BCUT2D eigenvalue weighted by atomic mass is 9.83. The fourth-order valence-electron chi connectivity index (χ4n) is 2.88. The molecule has 1 fully saturated rings. The minimum absolute atomic E-state index is 0.120. The first-order chi connectivity index (χ1) is 10.00. The van der Waals surface area contributed by atoms with E-state index in [1.165, 1.54) is 18.4 Å². The molecule has 0 radical (unpaired) electrons. The highest BCUT2D eigenvalue weighted by Crippen LogP contribution is 2.24. The van der Waals surface area contributed by atoms with Gasteiger partial charge in [-0.3, -0.25) is 4.79 Å². The average molecular weight is 288 g/mol. The molecule has 1 atom stereocenters. The number of benzene rings is 1. The lowest BCUT2D eigenvalue weighted by Crippen LogP contribution is -2.41. The molecule has 0 aliphatic carbocycles. The molecule has 21 heavy (non-hydrogen) atoms. The van der Waals surface area contributed by atoms with Crippen molar-refractivity contribution in [2.45, 2.75) is 45.4 Å². The predicted octanol–water partition coefficient (Wildman–Crippen LogP) is 2.78. The summed E-state index contributed by atoms with van der Waals surface area (Å²) < 4.78 is 0. The zero-order valence-electron chi connectivity index (χ0n) is 13.5. The Morgan fingerprint density at radius 3 is 2.67 bits per heavy atom. The third kappa shape index (κ3) is 4.31. The number of nitrogens with one attached hydrogen (secondary N) is 2. The standard InChI is InChI=1S/C18H28N2O/c1-14-6-8-16(9-7-14)18(2,3)17(21)20-12-10-15-5-4-11-19-13-15/h6-9,15,19H,4-5,10-13H2,1-3H3,(H,20,21). The molecular formula is C18H28N2O. The molecule has 2 rings (SSSR count). The summed E-state index contributed by atoms with van der Waals surface area (Å²) in [4.78, 5) is 12.5. The van der Waals surface area contributed by atoms with Gasteiger partial charge < -0.3 is 10.6 Å². The van der Waals surface area contributed by atoms with Crippen LogP contribution in [0, 0.1) is 12.8 Å². The molecule has 2 N–H and O–H groups in total. The molecule has 1 aliphatic heterocycles. The first kappa shape index (κ1) is 16.0. The lowest BCUT2D eigenvalue weighted by molar-refractivity contribution is -0.125. The minimum atomic E-state index is -0.474. The molecule has 0 bridgehead atoms. The summed E-state index contributed by atoms with van der Waals surface area (Å²) in [7, 11) is 0. The van der Waals surface area contributed by atoms with Gasteiger partial charge in [0, 0.05) is 6.54 Å². The van der Waals surface area contributed by atoms with Crippen LogP contribution in [0.5, 0.6) is 0 Å². The van der Waals surface area contributed by atoms with Crippen LogP contribution in [0.4, 0.5) is 0 Å². The van der Waals surface area contributed by atoms with Crippen molar-refractivity contribution in [1.82, 2.24) is 10.6 Å². The number of hydrogen-bond donors (Lipinski definition) is 2.